The second-order valence-corrected chi connectivity index (χ2v) is 13.4. The van der Waals surface area contributed by atoms with Crippen LogP contribution in [0.1, 0.15) is 32.1 Å². The summed E-state index contributed by atoms with van der Waals surface area (Å²) in [6, 6.07) is 40.0. The molecule has 0 spiro atoms. The highest BCUT2D eigenvalue weighted by molar-refractivity contribution is 7.97. The second-order valence-electron chi connectivity index (χ2n) is 10.0. The first-order valence-electron chi connectivity index (χ1n) is 13.7. The highest BCUT2D eigenvalue weighted by Crippen LogP contribution is 2.47. The molecule has 198 valence electrons. The summed E-state index contributed by atoms with van der Waals surface area (Å²) >= 11 is 0. The van der Waals surface area contributed by atoms with Crippen molar-refractivity contribution in [2.45, 2.75) is 38.1 Å². The Kier molecular flexibility index (Phi) is 8.44. The van der Waals surface area contributed by atoms with Crippen LogP contribution in [0.3, 0.4) is 0 Å². The molecule has 0 bridgehead atoms. The van der Waals surface area contributed by atoms with Gasteiger partial charge in [0, 0.05) is 18.8 Å². The van der Waals surface area contributed by atoms with E-state index in [1.165, 1.54) is 6.42 Å². The van der Waals surface area contributed by atoms with Gasteiger partial charge in [-0.2, -0.15) is 0 Å². The molecule has 0 heterocycles. The van der Waals surface area contributed by atoms with E-state index in [9.17, 15) is 9.59 Å². The molecule has 1 aliphatic rings. The zero-order chi connectivity index (χ0) is 27.1. The minimum Gasteiger partial charge on any atom is -0.349 e. The first-order chi connectivity index (χ1) is 19.1. The van der Waals surface area contributed by atoms with Crippen molar-refractivity contribution in [1.29, 1.82) is 0 Å². The van der Waals surface area contributed by atoms with E-state index in [1.54, 1.807) is 11.9 Å². The summed E-state index contributed by atoms with van der Waals surface area (Å²) in [5, 5.41) is 6.57. The Morgan fingerprint density at radius 2 is 1.05 bits per heavy atom. The molecule has 0 aliphatic heterocycles. The van der Waals surface area contributed by atoms with Crippen LogP contribution in [0, 0.1) is 0 Å². The molecule has 4 aromatic rings. The first-order valence-corrected chi connectivity index (χ1v) is 15.5. The van der Waals surface area contributed by atoms with Gasteiger partial charge in [-0.3, -0.25) is 9.59 Å². The summed E-state index contributed by atoms with van der Waals surface area (Å²) in [7, 11) is 1.77. The smallest absolute Gasteiger partial charge is 0.264 e. The zero-order valence-corrected chi connectivity index (χ0v) is 23.3. The van der Waals surface area contributed by atoms with E-state index in [2.05, 4.69) is 41.7 Å². The Bertz CT molecular complexity index is 1350. The monoisotopic (exact) mass is 534 g/mol. The van der Waals surface area contributed by atoms with Crippen LogP contribution >= 0.6 is 6.89 Å². The average molecular weight is 535 g/mol. The minimum atomic E-state index is -2.90. The summed E-state index contributed by atoms with van der Waals surface area (Å²) in [6.07, 6.45) is 5.25. The first kappa shape index (κ1) is 26.7. The molecule has 39 heavy (non-hydrogen) atoms. The quantitative estimate of drug-likeness (QED) is 0.260. The summed E-state index contributed by atoms with van der Waals surface area (Å²) in [4.78, 5) is 31.0. The van der Waals surface area contributed by atoms with Gasteiger partial charge in [-0.1, -0.05) is 128 Å². The largest absolute Gasteiger partial charge is 0.349 e. The molecule has 0 saturated heterocycles. The maximum absolute atomic E-state index is 14.7. The van der Waals surface area contributed by atoms with Gasteiger partial charge in [0.15, 0.2) is 0 Å². The number of para-hydroxylation sites is 1. The van der Waals surface area contributed by atoms with E-state index in [0.29, 0.717) is 5.29 Å². The van der Waals surface area contributed by atoms with E-state index in [0.717, 1.165) is 47.3 Å². The number of anilines is 1. The summed E-state index contributed by atoms with van der Waals surface area (Å²) in [6.45, 7) is -2.90. The number of carbonyl (C=O) groups excluding carboxylic acids is 2. The van der Waals surface area contributed by atoms with Crippen LogP contribution in [0.5, 0.6) is 0 Å². The molecule has 4 aromatic carbocycles. The standard InChI is InChI=1S/C34H35N2O2P/c1-36(28-19-9-3-10-20-28)34(38)32(33(37)35-27-17-7-2-8-18-27)39(29-21-11-4-12-22-29,30-23-13-5-14-24-30)31-25-15-6-16-26-31/h3-6,9-16,19-27H,2,7-8,17-18H2,1H3,(H,35,37). The highest BCUT2D eigenvalue weighted by atomic mass is 31.2. The van der Waals surface area contributed by atoms with Crippen LogP contribution in [-0.4, -0.2) is 30.2 Å². The second kappa shape index (κ2) is 12.3. The van der Waals surface area contributed by atoms with E-state index in [-0.39, 0.29) is 17.9 Å². The van der Waals surface area contributed by atoms with Crippen molar-refractivity contribution in [3.8, 4) is 0 Å². The van der Waals surface area contributed by atoms with Crippen LogP contribution in [0.15, 0.2) is 121 Å². The number of nitrogens with one attached hydrogen (secondary N) is 1. The molecular weight excluding hydrogens is 499 g/mol. The fourth-order valence-corrected chi connectivity index (χ4v) is 9.94. The average Bonchev–Trinajstić information content (AvgIpc) is 3.01. The predicted molar refractivity (Wildman–Crippen MR) is 165 cm³/mol. The molecule has 2 amide bonds. The number of hydrogen-bond acceptors (Lipinski definition) is 2. The third-order valence-corrected chi connectivity index (χ3v) is 11.9. The van der Waals surface area contributed by atoms with Gasteiger partial charge in [0.1, 0.15) is 5.29 Å². The normalized spacial score (nSPS) is 13.9. The highest BCUT2D eigenvalue weighted by Gasteiger charge is 2.39. The van der Waals surface area contributed by atoms with Gasteiger partial charge in [0.2, 0.25) is 0 Å². The molecule has 1 aliphatic carbocycles. The van der Waals surface area contributed by atoms with E-state index >= 15 is 0 Å². The molecule has 4 nitrogen and oxygen atoms in total. The van der Waals surface area contributed by atoms with Crippen molar-refractivity contribution in [3.05, 3.63) is 121 Å². The van der Waals surface area contributed by atoms with Gasteiger partial charge >= 0.3 is 0 Å². The Morgan fingerprint density at radius 1 is 0.641 bits per heavy atom. The summed E-state index contributed by atoms with van der Waals surface area (Å²) < 4.78 is 0. The van der Waals surface area contributed by atoms with Gasteiger partial charge in [0.05, 0.1) is 0 Å². The third kappa shape index (κ3) is 5.48. The number of amides is 2. The predicted octanol–water partition coefficient (Wildman–Crippen LogP) is 5.26. The van der Waals surface area contributed by atoms with Crippen molar-refractivity contribution in [2.75, 3.05) is 11.9 Å². The molecule has 1 N–H and O–H groups in total. The fraction of sp³-hybridized carbons (Fsp3) is 0.206. The lowest BCUT2D eigenvalue weighted by atomic mass is 9.95. The number of nitrogens with zero attached hydrogens (tertiary/aromatic N) is 1. The number of carbonyl (C=O) groups is 2. The Balaban J connectivity index is 1.87. The van der Waals surface area contributed by atoms with E-state index in [1.807, 2.05) is 84.9 Å². The lowest BCUT2D eigenvalue weighted by Gasteiger charge is -2.34. The number of hydrogen-bond donors (Lipinski definition) is 1. The van der Waals surface area contributed by atoms with Gasteiger partial charge < -0.3 is 10.2 Å². The third-order valence-electron chi connectivity index (χ3n) is 7.57. The fourth-order valence-electron chi connectivity index (χ4n) is 5.61. The van der Waals surface area contributed by atoms with E-state index in [4.69, 9.17) is 0 Å². The lowest BCUT2D eigenvalue weighted by Crippen LogP contribution is -2.50. The minimum absolute atomic E-state index is 0.0697. The number of benzene rings is 4. The van der Waals surface area contributed by atoms with Crippen LogP contribution in [0.2, 0.25) is 0 Å². The summed E-state index contributed by atoms with van der Waals surface area (Å²) in [5.41, 5.74) is 0.748. The van der Waals surface area contributed by atoms with Crippen LogP contribution in [0.25, 0.3) is 0 Å². The van der Waals surface area contributed by atoms with E-state index < -0.39 is 6.89 Å². The van der Waals surface area contributed by atoms with Crippen molar-refractivity contribution in [2.24, 2.45) is 0 Å². The Hall–Kier alpha value is -3.88. The molecule has 1 fully saturated rings. The van der Waals surface area contributed by atoms with Gasteiger partial charge in [-0.05, 0) is 47.8 Å². The van der Waals surface area contributed by atoms with Crippen molar-refractivity contribution in [1.82, 2.24) is 5.32 Å². The van der Waals surface area contributed by atoms with Crippen LogP contribution in [-0.2, 0) is 9.59 Å². The Labute approximate surface area is 231 Å². The summed E-state index contributed by atoms with van der Waals surface area (Å²) in [5.74, 6) is -0.543. The lowest BCUT2D eigenvalue weighted by molar-refractivity contribution is -0.118. The van der Waals surface area contributed by atoms with Gasteiger partial charge in [-0.15, -0.1) is 0 Å². The molecule has 0 radical (unpaired) electrons. The van der Waals surface area contributed by atoms with Crippen molar-refractivity contribution < 1.29 is 9.59 Å². The molecule has 0 atom stereocenters. The van der Waals surface area contributed by atoms with Gasteiger partial charge in [0.25, 0.3) is 11.8 Å². The van der Waals surface area contributed by atoms with Crippen LogP contribution < -0.4 is 26.1 Å². The molecule has 5 heteroatoms. The van der Waals surface area contributed by atoms with Gasteiger partial charge in [-0.25, -0.2) is 0 Å². The number of rotatable bonds is 7. The Morgan fingerprint density at radius 3 is 1.49 bits per heavy atom. The molecular formula is C34H35N2O2P. The molecule has 0 unspecified atom stereocenters. The maximum Gasteiger partial charge on any atom is 0.264 e. The topological polar surface area (TPSA) is 49.4 Å². The van der Waals surface area contributed by atoms with Crippen LogP contribution in [0.4, 0.5) is 5.69 Å². The van der Waals surface area contributed by atoms with Crippen molar-refractivity contribution >= 4 is 45.6 Å². The SMILES string of the molecule is CN(C(=O)C(C(=O)NC1CCCCC1)=P(c1ccccc1)(c1ccccc1)c1ccccc1)c1ccccc1. The zero-order valence-electron chi connectivity index (χ0n) is 22.4. The maximum atomic E-state index is 14.7. The van der Waals surface area contributed by atoms with Crippen molar-refractivity contribution in [3.63, 3.8) is 0 Å². The molecule has 0 aromatic heterocycles. The molecule has 5 rings (SSSR count). The molecule has 1 saturated carbocycles.